The maximum Gasteiger partial charge on any atom is 0.0181 e. The van der Waals surface area contributed by atoms with E-state index in [1.165, 1.54) is 10.5 Å². The first-order chi connectivity index (χ1) is 8.34. The molecule has 1 N–H and O–H groups in total. The Morgan fingerprint density at radius 1 is 1.11 bits per heavy atom. The number of rotatable bonds is 5. The first-order valence-corrected chi connectivity index (χ1v) is 7.73. The van der Waals surface area contributed by atoms with Crippen LogP contribution in [0.1, 0.15) is 40.2 Å². The van der Waals surface area contributed by atoms with Crippen molar-refractivity contribution in [3.05, 3.63) is 29.8 Å². The second-order valence-electron chi connectivity index (χ2n) is 6.22. The molecule has 0 spiro atoms. The van der Waals surface area contributed by atoms with Crippen LogP contribution in [0, 0.1) is 5.92 Å². The molecule has 0 saturated carbocycles. The van der Waals surface area contributed by atoms with Crippen LogP contribution in [0.4, 0.5) is 0 Å². The summed E-state index contributed by atoms with van der Waals surface area (Å²) in [7, 11) is 2.05. The molecule has 0 saturated heterocycles. The van der Waals surface area contributed by atoms with Crippen molar-refractivity contribution in [1.29, 1.82) is 0 Å². The monoisotopic (exact) mass is 265 g/mol. The van der Waals surface area contributed by atoms with Gasteiger partial charge in [-0.3, -0.25) is 0 Å². The highest BCUT2D eigenvalue weighted by Gasteiger charge is 2.14. The van der Waals surface area contributed by atoms with E-state index in [1.807, 2.05) is 18.8 Å². The summed E-state index contributed by atoms with van der Waals surface area (Å²) in [5.41, 5.74) is 1.65. The van der Waals surface area contributed by atoms with Gasteiger partial charge in [-0.2, -0.15) is 0 Å². The predicted octanol–water partition coefficient (Wildman–Crippen LogP) is 4.32. The Hall–Kier alpha value is -0.470. The van der Waals surface area contributed by atoms with E-state index in [9.17, 15) is 0 Å². The molecule has 1 aromatic rings. The molecule has 0 aliphatic carbocycles. The van der Waals surface area contributed by atoms with Crippen molar-refractivity contribution < 1.29 is 0 Å². The zero-order chi connectivity index (χ0) is 13.8. The van der Waals surface area contributed by atoms with Crippen LogP contribution in [0.5, 0.6) is 0 Å². The molecule has 1 aromatic carbocycles. The van der Waals surface area contributed by atoms with Gasteiger partial charge in [0.2, 0.25) is 0 Å². The zero-order valence-electron chi connectivity index (χ0n) is 12.6. The van der Waals surface area contributed by atoms with Crippen molar-refractivity contribution in [2.24, 2.45) is 5.92 Å². The zero-order valence-corrected chi connectivity index (χ0v) is 13.4. The fraction of sp³-hybridized carbons (Fsp3) is 0.625. The van der Waals surface area contributed by atoms with Gasteiger partial charge in [0.15, 0.2) is 0 Å². The molecule has 18 heavy (non-hydrogen) atoms. The molecule has 0 heterocycles. The summed E-state index contributed by atoms with van der Waals surface area (Å²) in [6.45, 7) is 11.3. The van der Waals surface area contributed by atoms with E-state index in [2.05, 4.69) is 64.2 Å². The van der Waals surface area contributed by atoms with Crippen molar-refractivity contribution in [3.8, 4) is 0 Å². The van der Waals surface area contributed by atoms with Crippen molar-refractivity contribution in [2.75, 3.05) is 12.8 Å². The van der Waals surface area contributed by atoms with Gasteiger partial charge in [0.1, 0.15) is 0 Å². The average molecular weight is 265 g/mol. The lowest BCUT2D eigenvalue weighted by atomic mass is 9.87. The normalized spacial score (nSPS) is 13.9. The third-order valence-corrected chi connectivity index (χ3v) is 4.46. The molecule has 0 aromatic heterocycles. The van der Waals surface area contributed by atoms with Crippen LogP contribution in [0.15, 0.2) is 29.2 Å². The smallest absolute Gasteiger partial charge is 0.0181 e. The Kier molecular flexibility index (Phi) is 5.74. The van der Waals surface area contributed by atoms with Crippen molar-refractivity contribution in [1.82, 2.24) is 5.32 Å². The molecule has 1 atom stereocenters. The molecule has 0 fully saturated rings. The van der Waals surface area contributed by atoms with Gasteiger partial charge in [-0.25, -0.2) is 0 Å². The van der Waals surface area contributed by atoms with E-state index in [-0.39, 0.29) is 5.41 Å². The second kappa shape index (κ2) is 6.63. The fourth-order valence-corrected chi connectivity index (χ4v) is 3.10. The second-order valence-corrected chi connectivity index (χ2v) is 7.32. The summed E-state index contributed by atoms with van der Waals surface area (Å²) in [5.74, 6) is 1.81. The minimum absolute atomic E-state index is 0.245. The Bertz CT molecular complexity index is 348. The van der Waals surface area contributed by atoms with Crippen LogP contribution in [0.3, 0.4) is 0 Å². The van der Waals surface area contributed by atoms with Gasteiger partial charge in [0.05, 0.1) is 0 Å². The van der Waals surface area contributed by atoms with Crippen molar-refractivity contribution in [2.45, 2.75) is 51.0 Å². The lowest BCUT2D eigenvalue weighted by Crippen LogP contribution is -2.32. The first-order valence-electron chi connectivity index (χ1n) is 6.75. The predicted molar refractivity (Wildman–Crippen MR) is 83.6 cm³/mol. The molecule has 0 aliphatic heterocycles. The SMILES string of the molecule is CNC(CSc1ccc(C(C)(C)C)cc1)C(C)C. The third-order valence-electron chi connectivity index (χ3n) is 3.33. The van der Waals surface area contributed by atoms with E-state index >= 15 is 0 Å². The van der Waals surface area contributed by atoms with Crippen LogP contribution in [-0.4, -0.2) is 18.8 Å². The van der Waals surface area contributed by atoms with E-state index < -0.39 is 0 Å². The van der Waals surface area contributed by atoms with Crippen LogP contribution in [0.2, 0.25) is 0 Å². The largest absolute Gasteiger partial charge is 0.316 e. The number of benzene rings is 1. The highest BCUT2D eigenvalue weighted by Crippen LogP contribution is 2.26. The van der Waals surface area contributed by atoms with Gasteiger partial charge < -0.3 is 5.32 Å². The number of nitrogens with one attached hydrogen (secondary N) is 1. The summed E-state index contributed by atoms with van der Waals surface area (Å²) in [6.07, 6.45) is 0. The van der Waals surface area contributed by atoms with E-state index in [1.54, 1.807) is 0 Å². The number of hydrogen-bond donors (Lipinski definition) is 1. The van der Waals surface area contributed by atoms with Gasteiger partial charge in [-0.1, -0.05) is 46.8 Å². The highest BCUT2D eigenvalue weighted by atomic mass is 32.2. The Morgan fingerprint density at radius 3 is 2.06 bits per heavy atom. The summed E-state index contributed by atoms with van der Waals surface area (Å²) in [4.78, 5) is 1.36. The third kappa shape index (κ3) is 4.66. The Morgan fingerprint density at radius 2 is 1.67 bits per heavy atom. The molecule has 102 valence electrons. The molecule has 1 rings (SSSR count). The number of thioether (sulfide) groups is 1. The van der Waals surface area contributed by atoms with Crippen molar-refractivity contribution in [3.63, 3.8) is 0 Å². The summed E-state index contributed by atoms with van der Waals surface area (Å²) >= 11 is 1.94. The van der Waals surface area contributed by atoms with Crippen LogP contribution in [0.25, 0.3) is 0 Å². The molecule has 0 bridgehead atoms. The lowest BCUT2D eigenvalue weighted by Gasteiger charge is -2.21. The van der Waals surface area contributed by atoms with Gasteiger partial charge >= 0.3 is 0 Å². The van der Waals surface area contributed by atoms with E-state index in [0.29, 0.717) is 12.0 Å². The summed E-state index contributed by atoms with van der Waals surface area (Å²) in [6, 6.07) is 9.59. The molecule has 1 unspecified atom stereocenters. The molecule has 0 amide bonds. The van der Waals surface area contributed by atoms with E-state index in [4.69, 9.17) is 0 Å². The van der Waals surface area contributed by atoms with Gasteiger partial charge in [0, 0.05) is 16.7 Å². The quantitative estimate of drug-likeness (QED) is 0.796. The standard InChI is InChI=1S/C16H27NS/c1-12(2)15(17-6)11-18-14-9-7-13(8-10-14)16(3,4)5/h7-10,12,15,17H,11H2,1-6H3. The number of hydrogen-bond acceptors (Lipinski definition) is 2. The average Bonchev–Trinajstić information content (AvgIpc) is 2.29. The van der Waals surface area contributed by atoms with Gasteiger partial charge in [0.25, 0.3) is 0 Å². The maximum atomic E-state index is 3.39. The minimum atomic E-state index is 0.245. The molecule has 2 heteroatoms. The topological polar surface area (TPSA) is 12.0 Å². The highest BCUT2D eigenvalue weighted by molar-refractivity contribution is 7.99. The molecule has 0 radical (unpaired) electrons. The molecule has 0 aliphatic rings. The Labute approximate surface area is 117 Å². The summed E-state index contributed by atoms with van der Waals surface area (Å²) in [5, 5.41) is 3.39. The van der Waals surface area contributed by atoms with E-state index in [0.717, 1.165) is 5.75 Å². The maximum absolute atomic E-state index is 3.39. The van der Waals surface area contributed by atoms with Gasteiger partial charge in [-0.05, 0) is 36.1 Å². The molecule has 1 nitrogen and oxygen atoms in total. The Balaban J connectivity index is 2.59. The molecular formula is C16H27NS. The summed E-state index contributed by atoms with van der Waals surface area (Å²) < 4.78 is 0. The first kappa shape index (κ1) is 15.6. The lowest BCUT2D eigenvalue weighted by molar-refractivity contribution is 0.465. The minimum Gasteiger partial charge on any atom is -0.316 e. The van der Waals surface area contributed by atoms with Crippen LogP contribution < -0.4 is 5.32 Å². The van der Waals surface area contributed by atoms with Crippen LogP contribution >= 0.6 is 11.8 Å². The fourth-order valence-electron chi connectivity index (χ4n) is 1.85. The molecular weight excluding hydrogens is 238 g/mol. The van der Waals surface area contributed by atoms with Crippen LogP contribution in [-0.2, 0) is 5.41 Å². The van der Waals surface area contributed by atoms with Crippen molar-refractivity contribution >= 4 is 11.8 Å². The van der Waals surface area contributed by atoms with Gasteiger partial charge in [-0.15, -0.1) is 11.8 Å².